The highest BCUT2D eigenvalue weighted by molar-refractivity contribution is 9.10. The van der Waals surface area contributed by atoms with Crippen molar-refractivity contribution in [2.24, 2.45) is 0 Å². The van der Waals surface area contributed by atoms with Crippen molar-refractivity contribution in [3.05, 3.63) is 17.0 Å². The Morgan fingerprint density at radius 1 is 1.33 bits per heavy atom. The molecule has 0 radical (unpaired) electrons. The molecule has 1 saturated heterocycles. The number of hydrogen-bond acceptors (Lipinski definition) is 5. The first-order valence-electron chi connectivity index (χ1n) is 7.05. The van der Waals surface area contributed by atoms with Crippen LogP contribution >= 0.6 is 15.9 Å². The van der Waals surface area contributed by atoms with Gasteiger partial charge in [0.1, 0.15) is 16.0 Å². The van der Waals surface area contributed by atoms with Gasteiger partial charge in [-0.15, -0.1) is 0 Å². The summed E-state index contributed by atoms with van der Waals surface area (Å²) in [6.07, 6.45) is 4.85. The molecule has 1 aliphatic heterocycles. The van der Waals surface area contributed by atoms with Crippen molar-refractivity contribution in [1.29, 1.82) is 0 Å². The van der Waals surface area contributed by atoms with E-state index in [2.05, 4.69) is 36.1 Å². The molecule has 116 valence electrons. The SMILES string of the molecule is CC(C)(C)OC(=O)NC1CCN(c2cnc(Br)cn2)CC1. The summed E-state index contributed by atoms with van der Waals surface area (Å²) >= 11 is 3.28. The first-order chi connectivity index (χ1) is 9.83. The third kappa shape index (κ3) is 5.15. The molecule has 0 saturated carbocycles. The smallest absolute Gasteiger partial charge is 0.407 e. The van der Waals surface area contributed by atoms with Crippen molar-refractivity contribution < 1.29 is 9.53 Å². The Labute approximate surface area is 133 Å². The first-order valence-corrected chi connectivity index (χ1v) is 7.85. The van der Waals surface area contributed by atoms with E-state index in [0.29, 0.717) is 0 Å². The number of rotatable bonds is 2. The Morgan fingerprint density at radius 3 is 2.52 bits per heavy atom. The van der Waals surface area contributed by atoms with E-state index in [1.54, 1.807) is 12.4 Å². The van der Waals surface area contributed by atoms with E-state index in [1.165, 1.54) is 0 Å². The summed E-state index contributed by atoms with van der Waals surface area (Å²) in [5, 5.41) is 2.93. The predicted octanol–water partition coefficient (Wildman–Crippen LogP) is 2.73. The normalized spacial score (nSPS) is 16.7. The average molecular weight is 357 g/mol. The highest BCUT2D eigenvalue weighted by Gasteiger charge is 2.24. The monoisotopic (exact) mass is 356 g/mol. The van der Waals surface area contributed by atoms with Crippen LogP contribution in [0.15, 0.2) is 17.0 Å². The lowest BCUT2D eigenvalue weighted by Crippen LogP contribution is -2.46. The summed E-state index contributed by atoms with van der Waals surface area (Å²) in [5.41, 5.74) is -0.461. The van der Waals surface area contributed by atoms with Gasteiger partial charge in [0.15, 0.2) is 0 Å². The van der Waals surface area contributed by atoms with Crippen molar-refractivity contribution in [3.63, 3.8) is 0 Å². The molecule has 2 rings (SSSR count). The average Bonchev–Trinajstić information content (AvgIpc) is 2.38. The number of alkyl carbamates (subject to hydrolysis) is 1. The summed E-state index contributed by atoms with van der Waals surface area (Å²) in [7, 11) is 0. The van der Waals surface area contributed by atoms with Crippen LogP contribution in [0.4, 0.5) is 10.6 Å². The van der Waals surface area contributed by atoms with Gasteiger partial charge in [-0.1, -0.05) is 0 Å². The summed E-state index contributed by atoms with van der Waals surface area (Å²) < 4.78 is 6.00. The fourth-order valence-electron chi connectivity index (χ4n) is 2.20. The molecule has 1 N–H and O–H groups in total. The Kier molecular flexibility index (Phi) is 5.03. The number of nitrogens with zero attached hydrogens (tertiary/aromatic N) is 3. The lowest BCUT2D eigenvalue weighted by molar-refractivity contribution is 0.0497. The highest BCUT2D eigenvalue weighted by atomic mass is 79.9. The van der Waals surface area contributed by atoms with Crippen LogP contribution in [0.1, 0.15) is 33.6 Å². The molecule has 1 aliphatic rings. The van der Waals surface area contributed by atoms with E-state index >= 15 is 0 Å². The van der Waals surface area contributed by atoms with E-state index in [4.69, 9.17) is 4.74 Å². The highest BCUT2D eigenvalue weighted by Crippen LogP contribution is 2.18. The second-order valence-corrected chi connectivity index (χ2v) is 6.92. The van der Waals surface area contributed by atoms with Gasteiger partial charge in [-0.3, -0.25) is 0 Å². The number of hydrogen-bond donors (Lipinski definition) is 1. The fourth-order valence-corrected chi connectivity index (χ4v) is 2.40. The molecule has 1 fully saturated rings. The van der Waals surface area contributed by atoms with Gasteiger partial charge in [-0.25, -0.2) is 14.8 Å². The summed E-state index contributed by atoms with van der Waals surface area (Å²) in [6.45, 7) is 7.28. The molecule has 1 amide bonds. The Bertz CT molecular complexity index is 479. The number of amides is 1. The molecule has 21 heavy (non-hydrogen) atoms. The van der Waals surface area contributed by atoms with Gasteiger partial charge in [0.2, 0.25) is 0 Å². The van der Waals surface area contributed by atoms with E-state index in [0.717, 1.165) is 36.4 Å². The van der Waals surface area contributed by atoms with Gasteiger partial charge in [-0.05, 0) is 49.5 Å². The minimum Gasteiger partial charge on any atom is -0.444 e. The standard InChI is InChI=1S/C14H21BrN4O2/c1-14(2,3)21-13(20)18-10-4-6-19(7-5-10)12-9-16-11(15)8-17-12/h8-10H,4-7H2,1-3H3,(H,18,20). The minimum absolute atomic E-state index is 0.152. The molecular weight excluding hydrogens is 336 g/mol. The first kappa shape index (κ1) is 16.0. The number of carbonyl (C=O) groups excluding carboxylic acids is 1. The van der Waals surface area contributed by atoms with Crippen LogP contribution in [-0.4, -0.2) is 40.8 Å². The van der Waals surface area contributed by atoms with Gasteiger partial charge >= 0.3 is 6.09 Å². The molecule has 1 aromatic rings. The lowest BCUT2D eigenvalue weighted by atomic mass is 10.1. The van der Waals surface area contributed by atoms with Crippen molar-refractivity contribution in [2.75, 3.05) is 18.0 Å². The van der Waals surface area contributed by atoms with Crippen LogP contribution in [0.5, 0.6) is 0 Å². The number of nitrogens with one attached hydrogen (secondary N) is 1. The maximum atomic E-state index is 11.7. The summed E-state index contributed by atoms with van der Waals surface area (Å²) in [4.78, 5) is 22.4. The Morgan fingerprint density at radius 2 is 2.00 bits per heavy atom. The zero-order valence-corrected chi connectivity index (χ0v) is 14.2. The second-order valence-electron chi connectivity index (χ2n) is 6.10. The van der Waals surface area contributed by atoms with Crippen LogP contribution in [0.25, 0.3) is 0 Å². The van der Waals surface area contributed by atoms with E-state index in [1.807, 2.05) is 20.8 Å². The molecule has 0 aromatic carbocycles. The molecule has 0 unspecified atom stereocenters. The van der Waals surface area contributed by atoms with Crippen molar-refractivity contribution in [1.82, 2.24) is 15.3 Å². The molecular formula is C14H21BrN4O2. The fraction of sp³-hybridized carbons (Fsp3) is 0.643. The maximum absolute atomic E-state index is 11.7. The van der Waals surface area contributed by atoms with Gasteiger partial charge in [0, 0.05) is 19.1 Å². The minimum atomic E-state index is -0.461. The Hall–Kier alpha value is -1.37. The molecule has 0 spiro atoms. The third-order valence-electron chi connectivity index (χ3n) is 3.15. The van der Waals surface area contributed by atoms with Crippen LogP contribution < -0.4 is 10.2 Å². The van der Waals surface area contributed by atoms with Gasteiger partial charge in [0.25, 0.3) is 0 Å². The molecule has 0 bridgehead atoms. The predicted molar refractivity (Wildman–Crippen MR) is 84.3 cm³/mol. The van der Waals surface area contributed by atoms with E-state index in [9.17, 15) is 4.79 Å². The van der Waals surface area contributed by atoms with Crippen LogP contribution in [0.2, 0.25) is 0 Å². The van der Waals surface area contributed by atoms with E-state index < -0.39 is 5.60 Å². The molecule has 7 heteroatoms. The summed E-state index contributed by atoms with van der Waals surface area (Å²) in [5.74, 6) is 0.869. The number of anilines is 1. The van der Waals surface area contributed by atoms with Crippen LogP contribution in [0.3, 0.4) is 0 Å². The summed E-state index contributed by atoms with van der Waals surface area (Å²) in [6, 6.07) is 0.152. The number of carbonyl (C=O) groups is 1. The number of halogens is 1. The number of aromatic nitrogens is 2. The van der Waals surface area contributed by atoms with Gasteiger partial charge in [-0.2, -0.15) is 0 Å². The largest absolute Gasteiger partial charge is 0.444 e. The van der Waals surface area contributed by atoms with E-state index in [-0.39, 0.29) is 12.1 Å². The molecule has 0 aliphatic carbocycles. The topological polar surface area (TPSA) is 67.3 Å². The van der Waals surface area contributed by atoms with Crippen molar-refractivity contribution >= 4 is 27.8 Å². The van der Waals surface area contributed by atoms with Crippen molar-refractivity contribution in [3.8, 4) is 0 Å². The zero-order valence-electron chi connectivity index (χ0n) is 12.6. The maximum Gasteiger partial charge on any atom is 0.407 e. The molecule has 1 aromatic heterocycles. The molecule has 0 atom stereocenters. The van der Waals surface area contributed by atoms with Gasteiger partial charge < -0.3 is 15.0 Å². The molecule has 2 heterocycles. The second kappa shape index (κ2) is 6.60. The molecule has 6 nitrogen and oxygen atoms in total. The van der Waals surface area contributed by atoms with Crippen molar-refractivity contribution in [2.45, 2.75) is 45.3 Å². The van der Waals surface area contributed by atoms with Gasteiger partial charge in [0.05, 0.1) is 12.4 Å². The quantitative estimate of drug-likeness (QED) is 0.882. The zero-order chi connectivity index (χ0) is 15.5. The number of piperidine rings is 1. The third-order valence-corrected chi connectivity index (χ3v) is 3.56. The number of ether oxygens (including phenoxy) is 1. The van der Waals surface area contributed by atoms with Crippen LogP contribution in [0, 0.1) is 0 Å². The Balaban J connectivity index is 1.80. The van der Waals surface area contributed by atoms with Crippen LogP contribution in [-0.2, 0) is 4.74 Å². The lowest BCUT2D eigenvalue weighted by Gasteiger charge is -2.33.